The molecule has 0 fully saturated rings. The average molecular weight is 264 g/mol. The number of carboxylic acids is 1. The largest absolute Gasteiger partial charge is 0.486 e. The summed E-state index contributed by atoms with van der Waals surface area (Å²) in [6.45, 7) is -0.170. The van der Waals surface area contributed by atoms with Gasteiger partial charge in [0.1, 0.15) is 30.0 Å². The number of aldehydes is 1. The molecule has 0 bridgehead atoms. The van der Waals surface area contributed by atoms with Gasteiger partial charge in [-0.15, -0.1) is 0 Å². The molecule has 0 saturated carbocycles. The van der Waals surface area contributed by atoms with Crippen molar-refractivity contribution < 1.29 is 28.2 Å². The van der Waals surface area contributed by atoms with E-state index in [0.29, 0.717) is 6.29 Å². The third kappa shape index (κ3) is 2.98. The molecule has 0 atom stereocenters. The van der Waals surface area contributed by atoms with Crippen molar-refractivity contribution in [1.82, 2.24) is 0 Å². The summed E-state index contributed by atoms with van der Waals surface area (Å²) in [5.74, 6) is -1.52. The van der Waals surface area contributed by atoms with Crippen LogP contribution < -0.4 is 4.74 Å². The molecule has 0 aliphatic rings. The Morgan fingerprint density at radius 2 is 2.21 bits per heavy atom. The fourth-order valence-electron chi connectivity index (χ4n) is 1.53. The van der Waals surface area contributed by atoms with Gasteiger partial charge in [-0.2, -0.15) is 0 Å². The van der Waals surface area contributed by atoms with Crippen molar-refractivity contribution in [2.45, 2.75) is 6.61 Å². The van der Waals surface area contributed by atoms with E-state index in [1.807, 2.05) is 0 Å². The van der Waals surface area contributed by atoms with Crippen LogP contribution in [0.2, 0.25) is 0 Å². The van der Waals surface area contributed by atoms with Gasteiger partial charge in [0.2, 0.25) is 0 Å². The van der Waals surface area contributed by atoms with Crippen molar-refractivity contribution in [3.63, 3.8) is 0 Å². The molecule has 1 aromatic carbocycles. The third-order valence-electron chi connectivity index (χ3n) is 2.38. The monoisotopic (exact) mass is 264 g/mol. The molecule has 98 valence electrons. The van der Waals surface area contributed by atoms with Crippen LogP contribution in [-0.4, -0.2) is 17.4 Å². The van der Waals surface area contributed by atoms with Gasteiger partial charge in [-0.1, -0.05) is 0 Å². The summed E-state index contributed by atoms with van der Waals surface area (Å²) in [5, 5.41) is 8.86. The summed E-state index contributed by atoms with van der Waals surface area (Å²) in [7, 11) is 0. The fourth-order valence-corrected chi connectivity index (χ4v) is 1.53. The van der Waals surface area contributed by atoms with Crippen LogP contribution >= 0.6 is 0 Å². The number of halogens is 1. The zero-order chi connectivity index (χ0) is 13.8. The van der Waals surface area contributed by atoms with E-state index in [9.17, 15) is 14.0 Å². The van der Waals surface area contributed by atoms with Gasteiger partial charge in [0.25, 0.3) is 0 Å². The minimum Gasteiger partial charge on any atom is -0.486 e. The van der Waals surface area contributed by atoms with E-state index in [1.165, 1.54) is 18.4 Å². The maximum atomic E-state index is 13.1. The summed E-state index contributed by atoms with van der Waals surface area (Å²) in [5.41, 5.74) is 0.111. The Bertz CT molecular complexity index is 617. The topological polar surface area (TPSA) is 76.7 Å². The number of hydrogen-bond donors (Lipinski definition) is 1. The SMILES string of the molecule is O=Cc1cc(F)cc(OCc2occc2C(=O)O)c1. The molecule has 19 heavy (non-hydrogen) atoms. The normalized spacial score (nSPS) is 10.2. The minimum atomic E-state index is -1.14. The summed E-state index contributed by atoms with van der Waals surface area (Å²) in [4.78, 5) is 21.4. The lowest BCUT2D eigenvalue weighted by molar-refractivity contribution is 0.0691. The van der Waals surface area contributed by atoms with Crippen LogP contribution in [0.15, 0.2) is 34.9 Å². The number of ether oxygens (including phenoxy) is 1. The van der Waals surface area contributed by atoms with Gasteiger partial charge >= 0.3 is 5.97 Å². The van der Waals surface area contributed by atoms with Crippen LogP contribution in [0.3, 0.4) is 0 Å². The van der Waals surface area contributed by atoms with Crippen molar-refractivity contribution in [2.24, 2.45) is 0 Å². The highest BCUT2D eigenvalue weighted by Crippen LogP contribution is 2.18. The lowest BCUT2D eigenvalue weighted by atomic mass is 10.2. The van der Waals surface area contributed by atoms with E-state index in [1.54, 1.807) is 0 Å². The van der Waals surface area contributed by atoms with Crippen molar-refractivity contribution >= 4 is 12.3 Å². The molecule has 0 spiro atoms. The van der Waals surface area contributed by atoms with Crippen LogP contribution in [0.25, 0.3) is 0 Å². The maximum absolute atomic E-state index is 13.1. The number of hydrogen-bond acceptors (Lipinski definition) is 4. The number of aromatic carboxylic acids is 1. The highest BCUT2D eigenvalue weighted by Gasteiger charge is 2.14. The van der Waals surface area contributed by atoms with E-state index < -0.39 is 11.8 Å². The maximum Gasteiger partial charge on any atom is 0.339 e. The quantitative estimate of drug-likeness (QED) is 0.839. The number of furan rings is 1. The molecular formula is C13H9FO5. The van der Waals surface area contributed by atoms with Crippen LogP contribution in [-0.2, 0) is 6.61 Å². The first-order valence-electron chi connectivity index (χ1n) is 5.28. The molecule has 0 saturated heterocycles. The van der Waals surface area contributed by atoms with Gasteiger partial charge in [0.15, 0.2) is 5.76 Å². The molecule has 5 nitrogen and oxygen atoms in total. The molecule has 2 aromatic rings. The molecule has 2 rings (SSSR count). The molecule has 0 aliphatic carbocycles. The molecule has 1 heterocycles. The molecular weight excluding hydrogens is 255 g/mol. The standard InChI is InChI=1S/C13H9FO5/c14-9-3-8(6-15)4-10(5-9)19-7-12-11(13(16)17)1-2-18-12/h1-6H,7H2,(H,16,17). The smallest absolute Gasteiger partial charge is 0.339 e. The fraction of sp³-hybridized carbons (Fsp3) is 0.0769. The van der Waals surface area contributed by atoms with Crippen LogP contribution in [0.1, 0.15) is 26.5 Å². The van der Waals surface area contributed by atoms with Crippen molar-refractivity contribution in [1.29, 1.82) is 0 Å². The van der Waals surface area contributed by atoms with Gasteiger partial charge in [0.05, 0.1) is 6.26 Å². The first kappa shape index (κ1) is 12.8. The molecule has 0 unspecified atom stereocenters. The van der Waals surface area contributed by atoms with Crippen LogP contribution in [0, 0.1) is 5.82 Å². The van der Waals surface area contributed by atoms with E-state index in [2.05, 4.69) is 0 Å². The first-order valence-corrected chi connectivity index (χ1v) is 5.28. The highest BCUT2D eigenvalue weighted by atomic mass is 19.1. The van der Waals surface area contributed by atoms with Gasteiger partial charge < -0.3 is 14.3 Å². The Labute approximate surface area is 107 Å². The lowest BCUT2D eigenvalue weighted by Crippen LogP contribution is -2.03. The first-order chi connectivity index (χ1) is 9.10. The molecule has 6 heteroatoms. The van der Waals surface area contributed by atoms with Gasteiger partial charge in [-0.3, -0.25) is 4.79 Å². The van der Waals surface area contributed by atoms with Crippen molar-refractivity contribution in [3.8, 4) is 5.75 Å². The Balaban J connectivity index is 2.14. The second kappa shape index (κ2) is 5.34. The average Bonchev–Trinajstić information content (AvgIpc) is 2.84. The predicted octanol–water partition coefficient (Wildman–Crippen LogP) is 2.51. The van der Waals surface area contributed by atoms with Crippen molar-refractivity contribution in [2.75, 3.05) is 0 Å². The number of carbonyl (C=O) groups is 2. The number of benzene rings is 1. The number of carboxylic acid groups (broad SMARTS) is 1. The minimum absolute atomic E-state index is 0.0213. The van der Waals surface area contributed by atoms with Crippen LogP contribution in [0.5, 0.6) is 5.75 Å². The number of carbonyl (C=O) groups excluding carboxylic acids is 1. The Morgan fingerprint density at radius 1 is 1.42 bits per heavy atom. The zero-order valence-electron chi connectivity index (χ0n) is 9.63. The summed E-state index contributed by atoms with van der Waals surface area (Å²) < 4.78 is 23.3. The molecule has 0 amide bonds. The predicted molar refractivity (Wildman–Crippen MR) is 61.8 cm³/mol. The number of rotatable bonds is 5. The van der Waals surface area contributed by atoms with Gasteiger partial charge in [-0.25, -0.2) is 9.18 Å². The van der Waals surface area contributed by atoms with E-state index in [0.717, 1.165) is 12.1 Å². The Morgan fingerprint density at radius 3 is 2.89 bits per heavy atom. The summed E-state index contributed by atoms with van der Waals surface area (Å²) in [6, 6.07) is 4.80. The molecule has 1 N–H and O–H groups in total. The van der Waals surface area contributed by atoms with Crippen LogP contribution in [0.4, 0.5) is 4.39 Å². The Kier molecular flexibility index (Phi) is 3.61. The lowest BCUT2D eigenvalue weighted by Gasteiger charge is -2.06. The van der Waals surface area contributed by atoms with Gasteiger partial charge in [-0.05, 0) is 18.2 Å². The zero-order valence-corrected chi connectivity index (χ0v) is 9.63. The van der Waals surface area contributed by atoms with Gasteiger partial charge in [0, 0.05) is 11.6 Å². The highest BCUT2D eigenvalue weighted by molar-refractivity contribution is 5.88. The molecule has 0 aliphatic heterocycles. The van der Waals surface area contributed by atoms with E-state index in [-0.39, 0.29) is 29.2 Å². The molecule has 0 radical (unpaired) electrons. The van der Waals surface area contributed by atoms with E-state index >= 15 is 0 Å². The third-order valence-corrected chi connectivity index (χ3v) is 2.38. The second-order valence-corrected chi connectivity index (χ2v) is 3.69. The Hall–Kier alpha value is -2.63. The van der Waals surface area contributed by atoms with Crippen molar-refractivity contribution in [3.05, 3.63) is 53.2 Å². The van der Waals surface area contributed by atoms with E-state index in [4.69, 9.17) is 14.3 Å². The molecule has 1 aromatic heterocycles. The summed E-state index contributed by atoms with van der Waals surface area (Å²) in [6.07, 6.45) is 1.72. The second-order valence-electron chi connectivity index (χ2n) is 3.69. The summed E-state index contributed by atoms with van der Waals surface area (Å²) >= 11 is 0.